The van der Waals surface area contributed by atoms with Crippen LogP contribution in [-0.4, -0.2) is 22.8 Å². The van der Waals surface area contributed by atoms with Gasteiger partial charge in [0.1, 0.15) is 12.6 Å². The second kappa shape index (κ2) is 8.25. The van der Waals surface area contributed by atoms with Crippen LogP contribution in [0.1, 0.15) is 20.7 Å². The zero-order valence-corrected chi connectivity index (χ0v) is 13.7. The molecule has 0 atom stereocenters. The first-order valence-corrected chi connectivity index (χ1v) is 7.07. The Kier molecular flexibility index (Phi) is 6.97. The zero-order valence-electron chi connectivity index (χ0n) is 10.7. The number of rotatable bonds is 2. The summed E-state index contributed by atoms with van der Waals surface area (Å²) in [5.74, 6) is -0.391. The number of benzene rings is 2. The molecule has 0 saturated carbocycles. The molecule has 2 aromatic rings. The second-order valence-electron chi connectivity index (χ2n) is 3.90. The topological polar surface area (TPSA) is 74.6 Å². The van der Waals surface area contributed by atoms with E-state index in [4.69, 9.17) is 56.6 Å². The highest BCUT2D eigenvalue weighted by atomic mass is 35.5. The first-order chi connectivity index (χ1) is 10.3. The van der Waals surface area contributed by atoms with E-state index >= 15 is 0 Å². The van der Waals surface area contributed by atoms with Crippen molar-refractivity contribution in [1.82, 2.24) is 0 Å². The van der Waals surface area contributed by atoms with Crippen LogP contribution in [0.25, 0.3) is 0 Å². The molecule has 0 saturated heterocycles. The fraction of sp³-hybridized carbons (Fsp3) is 0. The summed E-state index contributed by atoms with van der Waals surface area (Å²) < 4.78 is 0. The van der Waals surface area contributed by atoms with Crippen molar-refractivity contribution in [2.75, 3.05) is 0 Å². The number of phenolic OH excluding ortho intramolecular Hbond substituents is 2. The summed E-state index contributed by atoms with van der Waals surface area (Å²) in [6, 6.07) is 5.37. The van der Waals surface area contributed by atoms with Gasteiger partial charge >= 0.3 is 0 Å². The molecular weight excluding hydrogens is 374 g/mol. The maximum atomic E-state index is 10.2. The lowest BCUT2D eigenvalue weighted by Gasteiger charge is -1.99. The molecule has 22 heavy (non-hydrogen) atoms. The SMILES string of the molecule is O=Cc1cc(Cl)c(O)c(Cl)c1.O=Cc1cc(Cl)c(O)c(Cl)c1. The third-order valence-electron chi connectivity index (χ3n) is 2.35. The molecule has 0 bridgehead atoms. The highest BCUT2D eigenvalue weighted by Gasteiger charge is 2.05. The van der Waals surface area contributed by atoms with Gasteiger partial charge in [0, 0.05) is 11.1 Å². The van der Waals surface area contributed by atoms with Crippen LogP contribution in [0.5, 0.6) is 11.5 Å². The number of carbonyl (C=O) groups excluding carboxylic acids is 2. The molecule has 0 heterocycles. The molecule has 2 N–H and O–H groups in total. The van der Waals surface area contributed by atoms with Crippen molar-refractivity contribution in [3.63, 3.8) is 0 Å². The Balaban J connectivity index is 0.000000220. The molecule has 2 rings (SSSR count). The highest BCUT2D eigenvalue weighted by Crippen LogP contribution is 2.32. The van der Waals surface area contributed by atoms with Gasteiger partial charge in [0.05, 0.1) is 20.1 Å². The largest absolute Gasteiger partial charge is 0.505 e. The van der Waals surface area contributed by atoms with E-state index in [2.05, 4.69) is 0 Å². The quantitative estimate of drug-likeness (QED) is 0.716. The van der Waals surface area contributed by atoms with Crippen molar-refractivity contribution >= 4 is 59.0 Å². The minimum atomic E-state index is -0.195. The Morgan fingerprint density at radius 1 is 0.636 bits per heavy atom. The van der Waals surface area contributed by atoms with Gasteiger partial charge in [-0.2, -0.15) is 0 Å². The minimum absolute atomic E-state index is 0.0830. The lowest BCUT2D eigenvalue weighted by Crippen LogP contribution is -1.80. The van der Waals surface area contributed by atoms with Crippen molar-refractivity contribution in [2.24, 2.45) is 0 Å². The molecule has 0 aliphatic heterocycles. The fourth-order valence-electron chi connectivity index (χ4n) is 1.31. The van der Waals surface area contributed by atoms with Crippen LogP contribution in [0.15, 0.2) is 24.3 Å². The van der Waals surface area contributed by atoms with Gasteiger partial charge in [-0.15, -0.1) is 0 Å². The molecule has 0 aliphatic carbocycles. The van der Waals surface area contributed by atoms with Crippen LogP contribution in [-0.2, 0) is 0 Å². The minimum Gasteiger partial charge on any atom is -0.505 e. The fourth-order valence-corrected chi connectivity index (χ4v) is 2.31. The smallest absolute Gasteiger partial charge is 0.152 e. The van der Waals surface area contributed by atoms with Crippen molar-refractivity contribution in [3.05, 3.63) is 55.5 Å². The number of phenols is 2. The van der Waals surface area contributed by atoms with Crippen LogP contribution in [0.3, 0.4) is 0 Å². The van der Waals surface area contributed by atoms with Crippen molar-refractivity contribution in [1.29, 1.82) is 0 Å². The van der Waals surface area contributed by atoms with Crippen molar-refractivity contribution in [3.8, 4) is 11.5 Å². The van der Waals surface area contributed by atoms with Crippen LogP contribution >= 0.6 is 46.4 Å². The molecule has 0 fully saturated rings. The third kappa shape index (κ3) is 4.78. The van der Waals surface area contributed by atoms with E-state index in [0.717, 1.165) is 0 Å². The standard InChI is InChI=1S/2C7H4Cl2O2/c2*8-5-1-4(3-10)2-6(9)7(5)11/h2*1-3,11H. The van der Waals surface area contributed by atoms with Gasteiger partial charge in [0.15, 0.2) is 11.5 Å². The average Bonchev–Trinajstić information content (AvgIpc) is 2.49. The average molecular weight is 382 g/mol. The van der Waals surface area contributed by atoms with Gasteiger partial charge in [-0.3, -0.25) is 9.59 Å². The van der Waals surface area contributed by atoms with Crippen LogP contribution in [0.4, 0.5) is 0 Å². The molecule has 4 nitrogen and oxygen atoms in total. The summed E-state index contributed by atoms with van der Waals surface area (Å²) in [5.41, 5.74) is 0.690. The molecule has 8 heteroatoms. The summed E-state index contributed by atoms with van der Waals surface area (Å²) in [5, 5.41) is 18.4. The van der Waals surface area contributed by atoms with E-state index in [0.29, 0.717) is 23.7 Å². The van der Waals surface area contributed by atoms with E-state index in [1.807, 2.05) is 0 Å². The molecule has 0 spiro atoms. The first-order valence-electron chi connectivity index (χ1n) is 5.56. The van der Waals surface area contributed by atoms with Crippen LogP contribution in [0, 0.1) is 0 Å². The van der Waals surface area contributed by atoms with Gasteiger partial charge in [-0.1, -0.05) is 46.4 Å². The van der Waals surface area contributed by atoms with Crippen LogP contribution < -0.4 is 0 Å². The predicted octanol–water partition coefficient (Wildman–Crippen LogP) is 5.02. The molecule has 0 aromatic heterocycles. The summed E-state index contributed by atoms with van der Waals surface area (Å²) in [7, 11) is 0. The summed E-state index contributed by atoms with van der Waals surface area (Å²) in [6.45, 7) is 0. The summed E-state index contributed by atoms with van der Waals surface area (Å²) in [4.78, 5) is 20.4. The molecule has 0 radical (unpaired) electrons. The van der Waals surface area contributed by atoms with E-state index in [1.165, 1.54) is 24.3 Å². The monoisotopic (exact) mass is 380 g/mol. The Morgan fingerprint density at radius 2 is 0.864 bits per heavy atom. The van der Waals surface area contributed by atoms with Gasteiger partial charge < -0.3 is 10.2 Å². The Labute approximate surface area is 145 Å². The van der Waals surface area contributed by atoms with Gasteiger partial charge in [-0.25, -0.2) is 0 Å². The third-order valence-corrected chi connectivity index (χ3v) is 3.50. The van der Waals surface area contributed by atoms with Crippen molar-refractivity contribution in [2.45, 2.75) is 0 Å². The lowest BCUT2D eigenvalue weighted by atomic mass is 10.2. The van der Waals surface area contributed by atoms with Crippen LogP contribution in [0.2, 0.25) is 20.1 Å². The maximum absolute atomic E-state index is 10.2. The molecule has 116 valence electrons. The van der Waals surface area contributed by atoms with Gasteiger partial charge in [-0.05, 0) is 24.3 Å². The normalized spacial score (nSPS) is 9.64. The first kappa shape index (κ1) is 18.6. The van der Waals surface area contributed by atoms with Gasteiger partial charge in [0.25, 0.3) is 0 Å². The second-order valence-corrected chi connectivity index (χ2v) is 5.53. The number of hydrogen-bond acceptors (Lipinski definition) is 4. The number of hydrogen-bond donors (Lipinski definition) is 2. The van der Waals surface area contributed by atoms with Gasteiger partial charge in [0.2, 0.25) is 0 Å². The highest BCUT2D eigenvalue weighted by molar-refractivity contribution is 6.38. The zero-order chi connectivity index (χ0) is 16.9. The summed E-state index contributed by atoms with van der Waals surface area (Å²) >= 11 is 22.0. The van der Waals surface area contributed by atoms with Crippen molar-refractivity contribution < 1.29 is 19.8 Å². The van der Waals surface area contributed by atoms with E-state index in [9.17, 15) is 9.59 Å². The number of aldehydes is 2. The molecule has 0 amide bonds. The molecule has 2 aromatic carbocycles. The summed E-state index contributed by atoms with van der Waals surface area (Å²) in [6.07, 6.45) is 1.22. The Bertz CT molecular complexity index is 608. The Hall–Kier alpha value is -1.46. The predicted molar refractivity (Wildman–Crippen MR) is 87.0 cm³/mol. The number of halogens is 4. The lowest BCUT2D eigenvalue weighted by molar-refractivity contribution is 0.111. The van der Waals surface area contributed by atoms with E-state index in [1.54, 1.807) is 0 Å². The molecule has 0 unspecified atom stereocenters. The molecule has 0 aliphatic rings. The molecular formula is C14H8Cl4O4. The maximum Gasteiger partial charge on any atom is 0.152 e. The Morgan fingerprint density at radius 3 is 1.05 bits per heavy atom. The number of aromatic hydroxyl groups is 2. The van der Waals surface area contributed by atoms with E-state index < -0.39 is 0 Å². The number of carbonyl (C=O) groups is 2. The van der Waals surface area contributed by atoms with E-state index in [-0.39, 0.29) is 31.6 Å².